The molecular weight excluding hydrogens is 316 g/mol. The monoisotopic (exact) mass is 342 g/mol. The quantitative estimate of drug-likeness (QED) is 0.304. The van der Waals surface area contributed by atoms with Crippen molar-refractivity contribution >= 4 is 27.4 Å². The van der Waals surface area contributed by atoms with Gasteiger partial charge in [0.1, 0.15) is 0 Å². The van der Waals surface area contributed by atoms with E-state index in [1.54, 1.807) is 17.9 Å². The Labute approximate surface area is 141 Å². The van der Waals surface area contributed by atoms with E-state index in [9.17, 15) is 4.79 Å². The molecule has 0 N–H and O–H groups in total. The molecule has 1 aromatic rings. The van der Waals surface area contributed by atoms with Gasteiger partial charge in [-0.2, -0.15) is 0 Å². The zero-order valence-electron chi connectivity index (χ0n) is 13.5. The van der Waals surface area contributed by atoms with Crippen LogP contribution in [-0.4, -0.2) is 44.7 Å². The summed E-state index contributed by atoms with van der Waals surface area (Å²) in [6, 6.07) is 7.99. The first-order valence-electron chi connectivity index (χ1n) is 7.63. The molecule has 0 aliphatic carbocycles. The predicted octanol–water partition coefficient (Wildman–Crippen LogP) is 4.26. The Morgan fingerprint density at radius 1 is 1.14 bits per heavy atom. The van der Waals surface area contributed by atoms with Crippen LogP contribution in [0.3, 0.4) is 0 Å². The number of ether oxygens (including phenoxy) is 2. The third kappa shape index (κ3) is 8.22. The minimum absolute atomic E-state index is 0.225. The average Bonchev–Trinajstić information content (AvgIpc) is 2.55. The number of carbonyl (C=O) groups excluding carboxylic acids is 1. The largest absolute Gasteiger partial charge is 0.382 e. The van der Waals surface area contributed by atoms with E-state index < -0.39 is 0 Å². The van der Waals surface area contributed by atoms with Gasteiger partial charge in [0.05, 0.1) is 13.2 Å². The summed E-state index contributed by atoms with van der Waals surface area (Å²) >= 11 is 0. The SMILES string of the molecule is COCCOCCCC(=O)c1ccccc1CCCSSC. The number of rotatable bonds is 13. The zero-order chi connectivity index (χ0) is 16.0. The number of ketones is 1. The van der Waals surface area contributed by atoms with Crippen molar-refractivity contribution in [2.24, 2.45) is 0 Å². The third-order valence-corrected chi connectivity index (χ3v) is 5.13. The van der Waals surface area contributed by atoms with E-state index in [0.717, 1.165) is 30.6 Å². The second kappa shape index (κ2) is 13.0. The third-order valence-electron chi connectivity index (χ3n) is 3.23. The summed E-state index contributed by atoms with van der Waals surface area (Å²) < 4.78 is 10.3. The molecule has 5 heteroatoms. The van der Waals surface area contributed by atoms with Crippen molar-refractivity contribution < 1.29 is 14.3 Å². The summed E-state index contributed by atoms with van der Waals surface area (Å²) in [6.45, 7) is 1.81. The summed E-state index contributed by atoms with van der Waals surface area (Å²) in [4.78, 5) is 12.4. The lowest BCUT2D eigenvalue weighted by Crippen LogP contribution is -2.07. The highest BCUT2D eigenvalue weighted by atomic mass is 33.1. The Bertz CT molecular complexity index is 424. The number of Topliss-reactive ketones (excluding diaryl/α,β-unsaturated/α-hetero) is 1. The van der Waals surface area contributed by atoms with Gasteiger partial charge >= 0.3 is 0 Å². The minimum atomic E-state index is 0.225. The molecule has 3 nitrogen and oxygen atoms in total. The summed E-state index contributed by atoms with van der Waals surface area (Å²) in [7, 11) is 5.32. The Morgan fingerprint density at radius 3 is 2.73 bits per heavy atom. The highest BCUT2D eigenvalue weighted by Crippen LogP contribution is 2.20. The normalized spacial score (nSPS) is 10.8. The van der Waals surface area contributed by atoms with Gasteiger partial charge in [0.15, 0.2) is 5.78 Å². The van der Waals surface area contributed by atoms with E-state index in [4.69, 9.17) is 9.47 Å². The Morgan fingerprint density at radius 2 is 1.95 bits per heavy atom. The van der Waals surface area contributed by atoms with Gasteiger partial charge < -0.3 is 9.47 Å². The van der Waals surface area contributed by atoms with Crippen LogP contribution in [0.4, 0.5) is 0 Å². The number of hydrogen-bond acceptors (Lipinski definition) is 5. The van der Waals surface area contributed by atoms with Gasteiger partial charge in [-0.1, -0.05) is 45.9 Å². The van der Waals surface area contributed by atoms with Crippen LogP contribution < -0.4 is 0 Å². The molecule has 22 heavy (non-hydrogen) atoms. The number of aryl methyl sites for hydroxylation is 1. The molecule has 0 unspecified atom stereocenters. The van der Waals surface area contributed by atoms with E-state index in [1.807, 2.05) is 29.0 Å². The molecule has 0 spiro atoms. The van der Waals surface area contributed by atoms with Gasteiger partial charge in [0.2, 0.25) is 0 Å². The Balaban J connectivity index is 2.37. The van der Waals surface area contributed by atoms with Crippen molar-refractivity contribution in [2.45, 2.75) is 25.7 Å². The number of benzene rings is 1. The topological polar surface area (TPSA) is 35.5 Å². The van der Waals surface area contributed by atoms with Crippen LogP contribution in [0.15, 0.2) is 24.3 Å². The van der Waals surface area contributed by atoms with E-state index in [2.05, 4.69) is 12.3 Å². The molecule has 0 saturated heterocycles. The van der Waals surface area contributed by atoms with Crippen molar-refractivity contribution in [1.82, 2.24) is 0 Å². The second-order valence-corrected chi connectivity index (χ2v) is 7.57. The fourth-order valence-electron chi connectivity index (χ4n) is 2.13. The first kappa shape index (κ1) is 19.6. The summed E-state index contributed by atoms with van der Waals surface area (Å²) in [5.74, 6) is 1.35. The van der Waals surface area contributed by atoms with Crippen LogP contribution in [0.1, 0.15) is 35.2 Å². The van der Waals surface area contributed by atoms with Crippen molar-refractivity contribution in [1.29, 1.82) is 0 Å². The van der Waals surface area contributed by atoms with Crippen molar-refractivity contribution in [3.05, 3.63) is 35.4 Å². The van der Waals surface area contributed by atoms with E-state index in [1.165, 1.54) is 5.56 Å². The molecule has 0 aromatic heterocycles. The molecule has 0 fully saturated rings. The van der Waals surface area contributed by atoms with E-state index in [-0.39, 0.29) is 5.78 Å². The number of carbonyl (C=O) groups is 1. The highest BCUT2D eigenvalue weighted by molar-refractivity contribution is 8.76. The summed E-state index contributed by atoms with van der Waals surface area (Å²) in [5, 5.41) is 0. The number of methoxy groups -OCH3 is 1. The standard InChI is InChI=1S/C17H26O3S2/c1-19-12-13-20-11-5-10-17(18)16-9-4-3-7-15(16)8-6-14-22-21-2/h3-4,7,9H,5-6,8,10-14H2,1-2H3. The van der Waals surface area contributed by atoms with Gasteiger partial charge in [-0.3, -0.25) is 4.79 Å². The van der Waals surface area contributed by atoms with Gasteiger partial charge in [0.25, 0.3) is 0 Å². The fourth-order valence-corrected chi connectivity index (χ4v) is 3.41. The first-order chi connectivity index (χ1) is 10.8. The maximum absolute atomic E-state index is 12.4. The molecule has 0 radical (unpaired) electrons. The molecule has 0 amide bonds. The molecule has 0 aliphatic heterocycles. The molecule has 0 saturated carbocycles. The molecular formula is C17H26O3S2. The van der Waals surface area contributed by atoms with Crippen LogP contribution in [-0.2, 0) is 15.9 Å². The van der Waals surface area contributed by atoms with Crippen molar-refractivity contribution in [2.75, 3.05) is 38.9 Å². The second-order valence-electron chi connectivity index (χ2n) is 4.88. The first-order valence-corrected chi connectivity index (χ1v) is 10.4. The maximum atomic E-state index is 12.4. The molecule has 1 aromatic carbocycles. The molecule has 1 rings (SSSR count). The highest BCUT2D eigenvalue weighted by Gasteiger charge is 2.10. The maximum Gasteiger partial charge on any atom is 0.163 e. The fraction of sp³-hybridized carbons (Fsp3) is 0.588. The van der Waals surface area contributed by atoms with Crippen LogP contribution >= 0.6 is 21.6 Å². The number of hydrogen-bond donors (Lipinski definition) is 0. The van der Waals surface area contributed by atoms with E-state index in [0.29, 0.717) is 26.2 Å². The zero-order valence-corrected chi connectivity index (χ0v) is 15.1. The molecule has 0 aliphatic rings. The van der Waals surface area contributed by atoms with Crippen molar-refractivity contribution in [3.63, 3.8) is 0 Å². The van der Waals surface area contributed by atoms with Gasteiger partial charge in [0, 0.05) is 31.5 Å². The lowest BCUT2D eigenvalue weighted by Gasteiger charge is -2.09. The van der Waals surface area contributed by atoms with Gasteiger partial charge in [-0.05, 0) is 31.1 Å². The van der Waals surface area contributed by atoms with E-state index >= 15 is 0 Å². The lowest BCUT2D eigenvalue weighted by atomic mass is 9.98. The average molecular weight is 343 g/mol. The van der Waals surface area contributed by atoms with Gasteiger partial charge in [-0.15, -0.1) is 0 Å². The summed E-state index contributed by atoms with van der Waals surface area (Å²) in [5.41, 5.74) is 2.06. The molecule has 0 atom stereocenters. The van der Waals surface area contributed by atoms with Crippen LogP contribution in [0.5, 0.6) is 0 Å². The minimum Gasteiger partial charge on any atom is -0.382 e. The smallest absolute Gasteiger partial charge is 0.163 e. The van der Waals surface area contributed by atoms with Crippen LogP contribution in [0.2, 0.25) is 0 Å². The van der Waals surface area contributed by atoms with Crippen LogP contribution in [0.25, 0.3) is 0 Å². The van der Waals surface area contributed by atoms with Crippen molar-refractivity contribution in [3.8, 4) is 0 Å². The van der Waals surface area contributed by atoms with Crippen LogP contribution in [0, 0.1) is 0 Å². The molecule has 0 heterocycles. The Kier molecular flexibility index (Phi) is 11.6. The predicted molar refractivity (Wildman–Crippen MR) is 97.0 cm³/mol. The Hall–Kier alpha value is -0.490. The molecule has 124 valence electrons. The molecule has 0 bridgehead atoms. The summed E-state index contributed by atoms with van der Waals surface area (Å²) in [6.07, 6.45) is 5.48. The van der Waals surface area contributed by atoms with Gasteiger partial charge in [-0.25, -0.2) is 0 Å². The lowest BCUT2D eigenvalue weighted by molar-refractivity contribution is 0.0670.